The molecule has 0 amide bonds. The van der Waals surface area contributed by atoms with Gasteiger partial charge < -0.3 is 5.11 Å². The number of hydrogen-bond acceptors (Lipinski definition) is 4. The average Bonchev–Trinajstić information content (AvgIpc) is 2.22. The third-order valence-electron chi connectivity index (χ3n) is 2.20. The van der Waals surface area contributed by atoms with Crippen LogP contribution in [0, 0.1) is 6.92 Å². The zero-order valence-corrected chi connectivity index (χ0v) is 12.3. The molecule has 0 aromatic carbocycles. The van der Waals surface area contributed by atoms with Crippen molar-refractivity contribution in [1.82, 2.24) is 4.98 Å². The third-order valence-corrected chi connectivity index (χ3v) is 4.01. The number of nitrogens with zero attached hydrogens (tertiary/aromatic N) is 1. The second kappa shape index (κ2) is 6.40. The summed E-state index contributed by atoms with van der Waals surface area (Å²) in [6.45, 7) is 1.63. The molecule has 0 saturated carbocycles. The number of hydrogen-bond donors (Lipinski definition) is 2. The molecule has 1 rings (SSSR count). The third kappa shape index (κ3) is 5.22. The lowest BCUT2D eigenvalue weighted by atomic mass is 10.3. The fraction of sp³-hybridized carbons (Fsp3) is 0.400. The molecule has 1 aromatic rings. The number of sulfonamides is 1. The maximum atomic E-state index is 11.7. The van der Waals surface area contributed by atoms with Gasteiger partial charge in [-0.1, -0.05) is 23.2 Å². The maximum absolute atomic E-state index is 11.7. The molecule has 6 nitrogen and oxygen atoms in total. The number of carboxylic acids is 1. The first kappa shape index (κ1) is 16.0. The monoisotopic (exact) mass is 326 g/mol. The molecule has 2 N–H and O–H groups in total. The van der Waals surface area contributed by atoms with Crippen LogP contribution in [-0.4, -0.2) is 30.2 Å². The van der Waals surface area contributed by atoms with Gasteiger partial charge in [-0.3, -0.25) is 9.52 Å². The van der Waals surface area contributed by atoms with Gasteiger partial charge in [0.15, 0.2) is 5.15 Å². The zero-order valence-electron chi connectivity index (χ0n) is 9.98. The van der Waals surface area contributed by atoms with Crippen molar-refractivity contribution in [3.8, 4) is 0 Å². The summed E-state index contributed by atoms with van der Waals surface area (Å²) in [5.41, 5.74) is 0.688. The summed E-state index contributed by atoms with van der Waals surface area (Å²) in [5.74, 6) is -1.35. The minimum Gasteiger partial charge on any atom is -0.481 e. The van der Waals surface area contributed by atoms with Crippen LogP contribution in [0.3, 0.4) is 0 Å². The molecule has 0 radical (unpaired) electrons. The highest BCUT2D eigenvalue weighted by molar-refractivity contribution is 7.92. The number of halogens is 2. The minimum atomic E-state index is -3.67. The molecule has 0 spiro atoms. The molecule has 19 heavy (non-hydrogen) atoms. The van der Waals surface area contributed by atoms with Gasteiger partial charge in [-0.05, 0) is 25.0 Å². The van der Waals surface area contributed by atoms with Crippen LogP contribution in [0.25, 0.3) is 0 Å². The summed E-state index contributed by atoms with van der Waals surface area (Å²) in [4.78, 5) is 14.1. The van der Waals surface area contributed by atoms with Gasteiger partial charge in [0.1, 0.15) is 5.15 Å². The first-order chi connectivity index (χ1) is 8.71. The number of rotatable bonds is 6. The molecule has 1 heterocycles. The van der Waals surface area contributed by atoms with Crippen LogP contribution in [0.1, 0.15) is 18.4 Å². The Labute approximate surface area is 120 Å². The highest BCUT2D eigenvalue weighted by Gasteiger charge is 2.16. The van der Waals surface area contributed by atoms with Crippen LogP contribution < -0.4 is 4.72 Å². The van der Waals surface area contributed by atoms with Gasteiger partial charge in [-0.2, -0.15) is 0 Å². The van der Waals surface area contributed by atoms with E-state index in [4.69, 9.17) is 28.3 Å². The number of carbonyl (C=O) groups is 1. The Morgan fingerprint density at radius 2 is 2.11 bits per heavy atom. The maximum Gasteiger partial charge on any atom is 0.303 e. The van der Waals surface area contributed by atoms with Crippen LogP contribution in [0.2, 0.25) is 10.3 Å². The van der Waals surface area contributed by atoms with Crippen molar-refractivity contribution < 1.29 is 18.3 Å². The largest absolute Gasteiger partial charge is 0.481 e. The summed E-state index contributed by atoms with van der Waals surface area (Å²) in [6.07, 6.45) is -0.200. The molecule has 106 valence electrons. The Hall–Kier alpha value is -1.05. The fourth-order valence-electron chi connectivity index (χ4n) is 1.34. The highest BCUT2D eigenvalue weighted by atomic mass is 35.5. The van der Waals surface area contributed by atoms with Gasteiger partial charge in [-0.25, -0.2) is 13.4 Å². The van der Waals surface area contributed by atoms with Crippen LogP contribution in [0.4, 0.5) is 5.69 Å². The zero-order chi connectivity index (χ0) is 14.6. The predicted octanol–water partition coefficient (Wildman–Crippen LogP) is 2.30. The molecule has 1 aromatic heterocycles. The highest BCUT2D eigenvalue weighted by Crippen LogP contribution is 2.27. The fourth-order valence-corrected chi connectivity index (χ4v) is 3.17. The lowest BCUT2D eigenvalue weighted by Gasteiger charge is -2.11. The van der Waals surface area contributed by atoms with Gasteiger partial charge in [0.05, 0.1) is 11.4 Å². The number of aryl methyl sites for hydroxylation is 1. The van der Waals surface area contributed by atoms with Gasteiger partial charge in [0.25, 0.3) is 0 Å². The average molecular weight is 327 g/mol. The van der Waals surface area contributed by atoms with Crippen molar-refractivity contribution in [2.75, 3.05) is 10.5 Å². The van der Waals surface area contributed by atoms with Crippen molar-refractivity contribution in [3.05, 3.63) is 21.9 Å². The molecule has 0 bridgehead atoms. The topological polar surface area (TPSA) is 96.4 Å². The summed E-state index contributed by atoms with van der Waals surface area (Å²) in [7, 11) is -3.67. The standard InChI is InChI=1S/C10H12Cl2N2O4S/c1-6-5-7(11)13-10(12)9(6)14-19(17,18)4-2-3-8(15)16/h5,14H,2-4H2,1H3,(H,15,16). The van der Waals surface area contributed by atoms with Crippen molar-refractivity contribution in [2.45, 2.75) is 19.8 Å². The quantitative estimate of drug-likeness (QED) is 0.782. The van der Waals surface area contributed by atoms with E-state index in [0.29, 0.717) is 5.56 Å². The molecule has 9 heteroatoms. The summed E-state index contributed by atoms with van der Waals surface area (Å²) in [6, 6.07) is 1.47. The van der Waals surface area contributed by atoms with E-state index in [2.05, 4.69) is 9.71 Å². The van der Waals surface area contributed by atoms with E-state index in [1.807, 2.05) is 0 Å². The Balaban J connectivity index is 2.81. The normalized spacial score (nSPS) is 11.3. The van der Waals surface area contributed by atoms with E-state index in [9.17, 15) is 13.2 Å². The molecular weight excluding hydrogens is 315 g/mol. The van der Waals surface area contributed by atoms with E-state index in [1.165, 1.54) is 6.07 Å². The molecular formula is C10H12Cl2N2O4S. The minimum absolute atomic E-state index is 0.0162. The SMILES string of the molecule is Cc1cc(Cl)nc(Cl)c1NS(=O)(=O)CCCC(=O)O. The van der Waals surface area contributed by atoms with E-state index in [-0.39, 0.29) is 34.6 Å². The Bertz CT molecular complexity index is 566. The van der Waals surface area contributed by atoms with Crippen molar-refractivity contribution in [3.63, 3.8) is 0 Å². The van der Waals surface area contributed by atoms with E-state index in [1.54, 1.807) is 6.92 Å². The van der Waals surface area contributed by atoms with Crippen molar-refractivity contribution >= 4 is 44.9 Å². The van der Waals surface area contributed by atoms with Gasteiger partial charge in [0.2, 0.25) is 10.0 Å². The number of aromatic nitrogens is 1. The summed E-state index contributed by atoms with van der Waals surface area (Å²) in [5, 5.41) is 8.57. The van der Waals surface area contributed by atoms with E-state index >= 15 is 0 Å². The van der Waals surface area contributed by atoms with E-state index < -0.39 is 16.0 Å². The number of aliphatic carboxylic acids is 1. The van der Waals surface area contributed by atoms with Gasteiger partial charge in [0, 0.05) is 6.42 Å². The number of carboxylic acid groups (broad SMARTS) is 1. The number of pyridine rings is 1. The Kier molecular flexibility index (Phi) is 5.39. The molecule has 0 aliphatic carbocycles. The smallest absolute Gasteiger partial charge is 0.303 e. The molecule has 0 aliphatic heterocycles. The van der Waals surface area contributed by atoms with Crippen LogP contribution in [0.5, 0.6) is 0 Å². The Morgan fingerprint density at radius 1 is 1.47 bits per heavy atom. The summed E-state index contributed by atoms with van der Waals surface area (Å²) < 4.78 is 25.8. The lowest BCUT2D eigenvalue weighted by Crippen LogP contribution is -2.18. The summed E-state index contributed by atoms with van der Waals surface area (Å²) >= 11 is 11.5. The Morgan fingerprint density at radius 3 is 2.63 bits per heavy atom. The predicted molar refractivity (Wildman–Crippen MR) is 73.3 cm³/mol. The molecule has 0 aliphatic rings. The van der Waals surface area contributed by atoms with Crippen LogP contribution in [0.15, 0.2) is 6.07 Å². The second-order valence-electron chi connectivity index (χ2n) is 3.85. The van der Waals surface area contributed by atoms with E-state index in [0.717, 1.165) is 0 Å². The second-order valence-corrected chi connectivity index (χ2v) is 6.43. The van der Waals surface area contributed by atoms with Gasteiger partial charge >= 0.3 is 5.97 Å². The number of anilines is 1. The first-order valence-electron chi connectivity index (χ1n) is 5.26. The molecule has 0 atom stereocenters. The van der Waals surface area contributed by atoms with Crippen molar-refractivity contribution in [2.24, 2.45) is 0 Å². The van der Waals surface area contributed by atoms with Crippen LogP contribution >= 0.6 is 23.2 Å². The van der Waals surface area contributed by atoms with Gasteiger partial charge in [-0.15, -0.1) is 0 Å². The molecule has 0 fully saturated rings. The molecule has 0 unspecified atom stereocenters. The van der Waals surface area contributed by atoms with Crippen LogP contribution in [-0.2, 0) is 14.8 Å². The first-order valence-corrected chi connectivity index (χ1v) is 7.67. The lowest BCUT2D eigenvalue weighted by molar-refractivity contribution is -0.137. The van der Waals surface area contributed by atoms with Crippen molar-refractivity contribution in [1.29, 1.82) is 0 Å². The number of nitrogens with one attached hydrogen (secondary N) is 1. The molecule has 0 saturated heterocycles.